The number of nitrogens with zero attached hydrogens (tertiary/aromatic N) is 6. The molecule has 2 saturated heterocycles. The molecule has 4 heterocycles. The molecule has 5 aliphatic rings. The van der Waals surface area contributed by atoms with Gasteiger partial charge in [-0.25, -0.2) is 9.97 Å². The molecule has 8 rings (SSSR count). The van der Waals surface area contributed by atoms with Crippen molar-refractivity contribution in [2.45, 2.75) is 158 Å². The first-order chi connectivity index (χ1) is 34.0. The fourth-order valence-corrected chi connectivity index (χ4v) is 11.2. The molecule has 5 fully saturated rings. The summed E-state index contributed by atoms with van der Waals surface area (Å²) in [6, 6.07) is 5.74. The summed E-state index contributed by atoms with van der Waals surface area (Å²) in [4.78, 5) is 84.5. The van der Waals surface area contributed by atoms with E-state index in [2.05, 4.69) is 62.0 Å². The van der Waals surface area contributed by atoms with Gasteiger partial charge in [0, 0.05) is 81.4 Å². The van der Waals surface area contributed by atoms with Gasteiger partial charge in [0.2, 0.25) is 29.5 Å². The molecule has 0 unspecified atom stereocenters. The number of benzene rings is 1. The smallest absolute Gasteiger partial charge is 0.378 e. The van der Waals surface area contributed by atoms with Gasteiger partial charge in [0.1, 0.15) is 18.2 Å². The number of alkyl halides is 3. The minimum absolute atomic E-state index is 0.0679. The Morgan fingerprint density at radius 2 is 1.66 bits per heavy atom. The van der Waals surface area contributed by atoms with Crippen molar-refractivity contribution >= 4 is 46.3 Å². The molecule has 5 amide bonds. The highest BCUT2D eigenvalue weighted by atomic mass is 19.4. The molecule has 4 N–H and O–H groups in total. The number of halogens is 3. The Morgan fingerprint density at radius 1 is 0.915 bits per heavy atom. The SMILES string of the molecule is CC(C)N(C)[C@@H]1CC[C@H](N2CC[C@H](Nc3ncnc4ccc(C(F)(F)F)cc34)C2=O)[C@H](NC(=O)[C@H]2C[C@H](NC(=O)CCCO[C@H]3CC[C@H](OCCNC(=O)[C@H]4CC(=O)N(C)[C@@H]4c4cccnc4)CC3)C2)C1. The molecule has 6 atom stereocenters. The summed E-state index contributed by atoms with van der Waals surface area (Å²) >= 11 is 0. The van der Waals surface area contributed by atoms with Crippen molar-refractivity contribution in [1.82, 2.24) is 45.6 Å². The van der Waals surface area contributed by atoms with Gasteiger partial charge in [0.15, 0.2) is 0 Å². The maximum Gasteiger partial charge on any atom is 0.416 e. The van der Waals surface area contributed by atoms with Crippen molar-refractivity contribution in [3.05, 3.63) is 60.2 Å². The summed E-state index contributed by atoms with van der Waals surface area (Å²) in [6.07, 6.45) is 8.36. The number of carbonyl (C=O) groups excluding carboxylic acids is 5. The van der Waals surface area contributed by atoms with Gasteiger partial charge in [0.05, 0.1) is 53.9 Å². The molecule has 3 aromatic rings. The molecule has 17 nitrogen and oxygen atoms in total. The molecular weight excluding hydrogens is 922 g/mol. The lowest BCUT2D eigenvalue weighted by molar-refractivity contribution is -0.137. The van der Waals surface area contributed by atoms with E-state index in [4.69, 9.17) is 9.47 Å². The molecule has 0 bridgehead atoms. The lowest BCUT2D eigenvalue weighted by atomic mass is 9.78. The number of ether oxygens (including phenoxy) is 2. The maximum atomic E-state index is 14.0. The van der Waals surface area contributed by atoms with Crippen LogP contribution >= 0.6 is 0 Å². The molecule has 2 aliphatic heterocycles. The monoisotopic (exact) mass is 991 g/mol. The minimum Gasteiger partial charge on any atom is -0.378 e. The summed E-state index contributed by atoms with van der Waals surface area (Å²) in [7, 11) is 3.80. The predicted octanol–water partition coefficient (Wildman–Crippen LogP) is 5.16. The Morgan fingerprint density at radius 3 is 2.37 bits per heavy atom. The summed E-state index contributed by atoms with van der Waals surface area (Å²) in [6.45, 7) is 5.89. The van der Waals surface area contributed by atoms with Crippen LogP contribution in [0.1, 0.15) is 114 Å². The summed E-state index contributed by atoms with van der Waals surface area (Å²) in [5.41, 5.74) is 0.342. The number of amides is 5. The molecule has 0 radical (unpaired) electrons. The Balaban J connectivity index is 0.723. The highest BCUT2D eigenvalue weighted by Crippen LogP contribution is 2.38. The average Bonchev–Trinajstić information content (AvgIpc) is 3.86. The van der Waals surface area contributed by atoms with Gasteiger partial charge in [-0.2, -0.15) is 13.2 Å². The number of carbonyl (C=O) groups is 5. The Hall–Kier alpha value is -5.47. The van der Waals surface area contributed by atoms with Crippen LogP contribution in [0.25, 0.3) is 10.9 Å². The lowest BCUT2D eigenvalue weighted by Crippen LogP contribution is -2.60. The molecule has 3 saturated carbocycles. The lowest BCUT2D eigenvalue weighted by Gasteiger charge is -2.45. The molecule has 1 aromatic carbocycles. The molecule has 386 valence electrons. The third kappa shape index (κ3) is 12.6. The van der Waals surface area contributed by atoms with Crippen LogP contribution in [0.15, 0.2) is 49.1 Å². The van der Waals surface area contributed by atoms with Gasteiger partial charge >= 0.3 is 6.18 Å². The quantitative estimate of drug-likeness (QED) is 0.115. The Bertz CT molecular complexity index is 2350. The molecule has 0 spiro atoms. The zero-order valence-corrected chi connectivity index (χ0v) is 41.2. The van der Waals surface area contributed by atoms with Crippen LogP contribution in [0, 0.1) is 11.8 Å². The highest BCUT2D eigenvalue weighted by molar-refractivity contribution is 5.93. The van der Waals surface area contributed by atoms with Crippen molar-refractivity contribution in [1.29, 1.82) is 0 Å². The van der Waals surface area contributed by atoms with E-state index in [0.29, 0.717) is 76.8 Å². The molecule has 2 aromatic heterocycles. The Kier molecular flexibility index (Phi) is 16.8. The first kappa shape index (κ1) is 51.9. The van der Waals surface area contributed by atoms with E-state index in [-0.39, 0.29) is 102 Å². The number of pyridine rings is 1. The molecule has 71 heavy (non-hydrogen) atoms. The number of rotatable bonds is 19. The van der Waals surface area contributed by atoms with Crippen molar-refractivity contribution in [2.24, 2.45) is 11.8 Å². The number of hydrogen-bond acceptors (Lipinski definition) is 12. The minimum atomic E-state index is -4.55. The van der Waals surface area contributed by atoms with Crippen LogP contribution in [0.4, 0.5) is 19.0 Å². The first-order valence-corrected chi connectivity index (χ1v) is 25.4. The summed E-state index contributed by atoms with van der Waals surface area (Å²) < 4.78 is 53.0. The van der Waals surface area contributed by atoms with Gasteiger partial charge in [0.25, 0.3) is 0 Å². The number of fused-ring (bicyclic) bond motifs is 1. The van der Waals surface area contributed by atoms with Gasteiger partial charge < -0.3 is 45.4 Å². The average molecular weight is 991 g/mol. The van der Waals surface area contributed by atoms with Crippen molar-refractivity contribution in [2.75, 3.05) is 45.7 Å². The number of likely N-dealkylation sites (tertiary alicyclic amines) is 2. The predicted molar refractivity (Wildman–Crippen MR) is 257 cm³/mol. The van der Waals surface area contributed by atoms with Gasteiger partial charge in [-0.05, 0) is 121 Å². The summed E-state index contributed by atoms with van der Waals surface area (Å²) in [5.74, 6) is -1.16. The number of anilines is 1. The second-order valence-corrected chi connectivity index (χ2v) is 20.4. The van der Waals surface area contributed by atoms with E-state index in [1.165, 1.54) is 12.4 Å². The topological polar surface area (TPSA) is 200 Å². The van der Waals surface area contributed by atoms with Crippen molar-refractivity contribution < 1.29 is 46.6 Å². The molecule has 20 heteroatoms. The van der Waals surface area contributed by atoms with E-state index in [9.17, 15) is 37.1 Å². The zero-order chi connectivity index (χ0) is 50.4. The van der Waals surface area contributed by atoms with Gasteiger partial charge in [-0.3, -0.25) is 29.0 Å². The van der Waals surface area contributed by atoms with Crippen LogP contribution in [0.5, 0.6) is 0 Å². The van der Waals surface area contributed by atoms with Crippen molar-refractivity contribution in [3.8, 4) is 0 Å². The largest absolute Gasteiger partial charge is 0.416 e. The van der Waals surface area contributed by atoms with Crippen LogP contribution in [-0.4, -0.2) is 148 Å². The summed E-state index contributed by atoms with van der Waals surface area (Å²) in [5, 5.41) is 12.7. The van der Waals surface area contributed by atoms with Crippen LogP contribution in [-0.2, 0) is 39.6 Å². The van der Waals surface area contributed by atoms with Crippen LogP contribution < -0.4 is 21.3 Å². The van der Waals surface area contributed by atoms with Crippen molar-refractivity contribution in [3.63, 3.8) is 0 Å². The molecule has 3 aliphatic carbocycles. The Labute approximate surface area is 413 Å². The van der Waals surface area contributed by atoms with E-state index < -0.39 is 23.7 Å². The number of aromatic nitrogens is 3. The van der Waals surface area contributed by atoms with E-state index in [0.717, 1.165) is 49.8 Å². The van der Waals surface area contributed by atoms with Crippen LogP contribution in [0.2, 0.25) is 0 Å². The number of hydrogen-bond donors (Lipinski definition) is 4. The zero-order valence-electron chi connectivity index (χ0n) is 41.2. The van der Waals surface area contributed by atoms with E-state index >= 15 is 0 Å². The first-order valence-electron chi connectivity index (χ1n) is 25.4. The second-order valence-electron chi connectivity index (χ2n) is 20.4. The third-order valence-corrected chi connectivity index (χ3v) is 15.5. The van der Waals surface area contributed by atoms with Crippen LogP contribution in [0.3, 0.4) is 0 Å². The third-order valence-electron chi connectivity index (χ3n) is 15.5. The standard InChI is InChI=1S/C51H69F3N10O7/c1-30(2)62(3)35-10-16-43(64-20-17-41(50(64)69)60-47-38-25-33(51(52,53)54)9-15-40(38)57-29-58-47)42(26-35)61-48(67)32-23-34(24-32)59-44(65)8-6-21-70-36-11-13-37(14-12-36)71-22-19-56-49(68)39-27-45(66)63(4)46(39)31-7-5-18-55-28-31/h5,7,9,15,18,25,28-30,32,34-37,39,41-43,46H,6,8,10-14,16-17,19-24,26-27H2,1-4H3,(H,56,68)(H,59,65)(H,61,67)(H,57,58,60)/t32-,34-,35-,36-,37-,39+,41+,42-,43+,46-/m1/s1. The van der Waals surface area contributed by atoms with Gasteiger partial charge in [-0.1, -0.05) is 6.07 Å². The van der Waals surface area contributed by atoms with E-state index in [1.54, 1.807) is 30.4 Å². The fraction of sp³-hybridized carbons (Fsp3) is 0.647. The number of nitrogens with one attached hydrogen (secondary N) is 4. The second kappa shape index (κ2) is 22.9. The normalized spacial score (nSPS) is 28.1. The van der Waals surface area contributed by atoms with E-state index in [1.807, 2.05) is 11.0 Å². The maximum absolute atomic E-state index is 14.0. The van der Waals surface area contributed by atoms with Gasteiger partial charge in [-0.15, -0.1) is 0 Å². The fourth-order valence-electron chi connectivity index (χ4n) is 11.2. The molecular formula is C51H69F3N10O7. The highest BCUT2D eigenvalue weighted by Gasteiger charge is 2.46.